The van der Waals surface area contributed by atoms with Gasteiger partial charge in [-0.2, -0.15) is 0 Å². The molecule has 0 aliphatic carbocycles. The van der Waals surface area contributed by atoms with Crippen LogP contribution in [0.4, 0.5) is 5.69 Å². The van der Waals surface area contributed by atoms with Gasteiger partial charge < -0.3 is 15.8 Å². The van der Waals surface area contributed by atoms with E-state index in [2.05, 4.69) is 5.32 Å². The van der Waals surface area contributed by atoms with E-state index in [1.165, 1.54) is 0 Å². The van der Waals surface area contributed by atoms with Gasteiger partial charge in [-0.05, 0) is 37.0 Å². The standard InChI is InChI=1S/C14H20N2O2/c1-8(2)13-14(17)16-11-7-10(6-9(3)15)4-5-12(11)18-13/h4-5,7-9,13H,6,15H2,1-3H3,(H,16,17). The topological polar surface area (TPSA) is 64.3 Å². The van der Waals surface area contributed by atoms with E-state index in [-0.39, 0.29) is 17.9 Å². The first-order chi connectivity index (χ1) is 8.47. The largest absolute Gasteiger partial charge is 0.478 e. The van der Waals surface area contributed by atoms with Gasteiger partial charge in [-0.1, -0.05) is 19.9 Å². The monoisotopic (exact) mass is 248 g/mol. The third kappa shape index (κ3) is 2.64. The second-order valence-electron chi connectivity index (χ2n) is 5.28. The predicted octanol–water partition coefficient (Wildman–Crippen LogP) is 1.93. The van der Waals surface area contributed by atoms with Crippen LogP contribution in [0.25, 0.3) is 0 Å². The summed E-state index contributed by atoms with van der Waals surface area (Å²) in [6, 6.07) is 5.94. The Kier molecular flexibility index (Phi) is 3.57. The maximum atomic E-state index is 11.9. The van der Waals surface area contributed by atoms with Gasteiger partial charge in [0.1, 0.15) is 5.75 Å². The van der Waals surface area contributed by atoms with Crippen molar-refractivity contribution in [3.8, 4) is 5.75 Å². The number of amides is 1. The summed E-state index contributed by atoms with van der Waals surface area (Å²) in [5, 5.41) is 2.90. The Hall–Kier alpha value is -1.55. The molecule has 2 rings (SSSR count). The molecule has 0 spiro atoms. The number of hydrogen-bond donors (Lipinski definition) is 2. The molecule has 1 amide bonds. The Balaban J connectivity index is 2.23. The average molecular weight is 248 g/mol. The Bertz CT molecular complexity index is 455. The van der Waals surface area contributed by atoms with Crippen molar-refractivity contribution < 1.29 is 9.53 Å². The molecule has 1 aromatic rings. The summed E-state index contributed by atoms with van der Waals surface area (Å²) in [7, 11) is 0. The van der Waals surface area contributed by atoms with Gasteiger partial charge in [0.05, 0.1) is 5.69 Å². The summed E-state index contributed by atoms with van der Waals surface area (Å²) in [6.07, 6.45) is 0.383. The highest BCUT2D eigenvalue weighted by molar-refractivity contribution is 5.98. The first-order valence-corrected chi connectivity index (χ1v) is 6.33. The third-order valence-electron chi connectivity index (χ3n) is 2.98. The molecule has 4 heteroatoms. The number of carbonyl (C=O) groups excluding carboxylic acids is 1. The second kappa shape index (κ2) is 4.98. The van der Waals surface area contributed by atoms with Crippen LogP contribution < -0.4 is 15.8 Å². The first-order valence-electron chi connectivity index (χ1n) is 6.33. The second-order valence-corrected chi connectivity index (χ2v) is 5.28. The highest BCUT2D eigenvalue weighted by Gasteiger charge is 2.30. The lowest BCUT2D eigenvalue weighted by atomic mass is 10.0. The molecule has 0 bridgehead atoms. The lowest BCUT2D eigenvalue weighted by molar-refractivity contribution is -0.125. The number of nitrogens with one attached hydrogen (secondary N) is 1. The van der Waals surface area contributed by atoms with Gasteiger partial charge in [0.2, 0.25) is 0 Å². The number of nitrogens with two attached hydrogens (primary N) is 1. The Morgan fingerprint density at radius 3 is 2.72 bits per heavy atom. The summed E-state index contributed by atoms with van der Waals surface area (Å²) in [5.41, 5.74) is 7.62. The number of hydrogen-bond acceptors (Lipinski definition) is 3. The molecule has 4 nitrogen and oxygen atoms in total. The Morgan fingerprint density at radius 2 is 2.11 bits per heavy atom. The van der Waals surface area contributed by atoms with Gasteiger partial charge in [-0.25, -0.2) is 0 Å². The van der Waals surface area contributed by atoms with Gasteiger partial charge in [-0.3, -0.25) is 4.79 Å². The summed E-state index contributed by atoms with van der Waals surface area (Å²) in [4.78, 5) is 11.9. The van der Waals surface area contributed by atoms with Crippen molar-refractivity contribution in [2.24, 2.45) is 11.7 Å². The van der Waals surface area contributed by atoms with Crippen LogP contribution >= 0.6 is 0 Å². The molecule has 1 aliphatic heterocycles. The smallest absolute Gasteiger partial charge is 0.265 e. The summed E-state index contributed by atoms with van der Waals surface area (Å²) >= 11 is 0. The summed E-state index contributed by atoms with van der Waals surface area (Å²) < 4.78 is 5.72. The van der Waals surface area contributed by atoms with Crippen LogP contribution in [0.2, 0.25) is 0 Å². The van der Waals surface area contributed by atoms with Crippen molar-refractivity contribution in [2.75, 3.05) is 5.32 Å². The van der Waals surface area contributed by atoms with Crippen molar-refractivity contribution in [1.29, 1.82) is 0 Å². The van der Waals surface area contributed by atoms with Crippen LogP contribution in [0, 0.1) is 5.92 Å². The SMILES string of the molecule is CC(N)Cc1ccc2c(c1)NC(=O)C(C(C)C)O2. The number of anilines is 1. The van der Waals surface area contributed by atoms with Gasteiger partial charge >= 0.3 is 0 Å². The lowest BCUT2D eigenvalue weighted by Gasteiger charge is -2.28. The molecule has 1 heterocycles. The molecular formula is C14H20N2O2. The Morgan fingerprint density at radius 1 is 1.39 bits per heavy atom. The van der Waals surface area contributed by atoms with E-state index in [9.17, 15) is 4.79 Å². The van der Waals surface area contributed by atoms with Crippen LogP contribution in [0.5, 0.6) is 5.75 Å². The van der Waals surface area contributed by atoms with E-state index >= 15 is 0 Å². The van der Waals surface area contributed by atoms with Crippen LogP contribution in [0.15, 0.2) is 18.2 Å². The van der Waals surface area contributed by atoms with Crippen molar-refractivity contribution in [1.82, 2.24) is 0 Å². The molecular weight excluding hydrogens is 228 g/mol. The average Bonchev–Trinajstić information content (AvgIpc) is 2.26. The zero-order chi connectivity index (χ0) is 13.3. The van der Waals surface area contributed by atoms with E-state index in [1.807, 2.05) is 39.0 Å². The van der Waals surface area contributed by atoms with E-state index in [0.717, 1.165) is 23.4 Å². The van der Waals surface area contributed by atoms with Crippen molar-refractivity contribution in [3.05, 3.63) is 23.8 Å². The highest BCUT2D eigenvalue weighted by Crippen LogP contribution is 2.32. The fraction of sp³-hybridized carbons (Fsp3) is 0.500. The molecule has 1 aromatic carbocycles. The first kappa shape index (κ1) is 12.9. The number of carbonyl (C=O) groups is 1. The maximum Gasteiger partial charge on any atom is 0.265 e. The van der Waals surface area contributed by atoms with Crippen LogP contribution in [-0.4, -0.2) is 18.1 Å². The zero-order valence-electron chi connectivity index (χ0n) is 11.1. The normalized spacial score (nSPS) is 20.1. The highest BCUT2D eigenvalue weighted by atomic mass is 16.5. The molecule has 2 atom stereocenters. The molecule has 18 heavy (non-hydrogen) atoms. The van der Waals surface area contributed by atoms with Gasteiger partial charge in [0.15, 0.2) is 6.10 Å². The van der Waals surface area contributed by atoms with E-state index in [4.69, 9.17) is 10.5 Å². The van der Waals surface area contributed by atoms with Crippen LogP contribution in [0.1, 0.15) is 26.3 Å². The van der Waals surface area contributed by atoms with Crippen molar-refractivity contribution in [3.63, 3.8) is 0 Å². The fourth-order valence-electron chi connectivity index (χ4n) is 2.11. The minimum Gasteiger partial charge on any atom is -0.478 e. The summed E-state index contributed by atoms with van der Waals surface area (Å²) in [5.74, 6) is 0.819. The Labute approximate surface area is 108 Å². The quantitative estimate of drug-likeness (QED) is 0.859. The molecule has 0 radical (unpaired) electrons. The van der Waals surface area contributed by atoms with Crippen LogP contribution in [0.3, 0.4) is 0 Å². The van der Waals surface area contributed by atoms with Crippen molar-refractivity contribution >= 4 is 11.6 Å². The molecule has 1 aliphatic rings. The number of rotatable bonds is 3. The van der Waals surface area contributed by atoms with Gasteiger partial charge in [0.25, 0.3) is 5.91 Å². The molecule has 0 saturated heterocycles. The number of benzene rings is 1. The molecule has 3 N–H and O–H groups in total. The summed E-state index contributed by atoms with van der Waals surface area (Å²) in [6.45, 7) is 5.91. The fourth-order valence-corrected chi connectivity index (χ4v) is 2.11. The van der Waals surface area contributed by atoms with Crippen LogP contribution in [-0.2, 0) is 11.2 Å². The predicted molar refractivity (Wildman–Crippen MR) is 71.7 cm³/mol. The maximum absolute atomic E-state index is 11.9. The van der Waals surface area contributed by atoms with Crippen molar-refractivity contribution in [2.45, 2.75) is 39.3 Å². The molecule has 2 unspecified atom stereocenters. The molecule has 98 valence electrons. The zero-order valence-corrected chi connectivity index (χ0v) is 11.1. The number of fused-ring (bicyclic) bond motifs is 1. The molecule has 0 fully saturated rings. The molecule has 0 saturated carbocycles. The van der Waals surface area contributed by atoms with E-state index in [0.29, 0.717) is 0 Å². The minimum atomic E-state index is -0.406. The molecule has 0 aromatic heterocycles. The number of ether oxygens (including phenoxy) is 1. The van der Waals surface area contributed by atoms with Gasteiger partial charge in [0, 0.05) is 6.04 Å². The van der Waals surface area contributed by atoms with E-state index in [1.54, 1.807) is 0 Å². The third-order valence-corrected chi connectivity index (χ3v) is 2.98. The lowest BCUT2D eigenvalue weighted by Crippen LogP contribution is -2.40. The minimum absolute atomic E-state index is 0.0737. The van der Waals surface area contributed by atoms with Gasteiger partial charge in [-0.15, -0.1) is 0 Å². The van der Waals surface area contributed by atoms with E-state index < -0.39 is 6.10 Å².